The number of benzene rings is 1. The minimum atomic E-state index is 0.646. The van der Waals surface area contributed by atoms with E-state index in [1.54, 1.807) is 0 Å². The van der Waals surface area contributed by atoms with Gasteiger partial charge in [0.1, 0.15) is 0 Å². The Morgan fingerprint density at radius 3 is 1.35 bits per heavy atom. The van der Waals surface area contributed by atoms with Crippen molar-refractivity contribution in [3.8, 4) is 0 Å². The monoisotopic (exact) mass is 356 g/mol. The van der Waals surface area contributed by atoms with Crippen LogP contribution in [-0.2, 0) is 13.1 Å². The van der Waals surface area contributed by atoms with Crippen LogP contribution in [0, 0.1) is 11.8 Å². The van der Waals surface area contributed by atoms with E-state index >= 15 is 0 Å². The van der Waals surface area contributed by atoms with Crippen molar-refractivity contribution < 1.29 is 0 Å². The Kier molecular flexibility index (Phi) is 8.01. The SMILES string of the molecule is C[C@@H](NCc1ccc(CN[C@H](C)C2CCCCC2)cc1)C1CCCCC1. The van der Waals surface area contributed by atoms with Gasteiger partial charge in [-0.15, -0.1) is 0 Å². The Hall–Kier alpha value is -0.860. The van der Waals surface area contributed by atoms with Crippen LogP contribution < -0.4 is 10.6 Å². The van der Waals surface area contributed by atoms with Crippen molar-refractivity contribution in [2.45, 2.75) is 103 Å². The fourth-order valence-corrected chi connectivity index (χ4v) is 4.93. The van der Waals surface area contributed by atoms with Crippen molar-refractivity contribution in [3.05, 3.63) is 35.4 Å². The summed E-state index contributed by atoms with van der Waals surface area (Å²) in [5, 5.41) is 7.53. The maximum absolute atomic E-state index is 3.77. The molecule has 2 heteroatoms. The summed E-state index contributed by atoms with van der Waals surface area (Å²) >= 11 is 0. The maximum Gasteiger partial charge on any atom is 0.0208 e. The quantitative estimate of drug-likeness (QED) is 0.615. The lowest BCUT2D eigenvalue weighted by molar-refractivity contribution is 0.280. The van der Waals surface area contributed by atoms with Gasteiger partial charge in [-0.3, -0.25) is 0 Å². The van der Waals surface area contributed by atoms with Crippen LogP contribution in [0.1, 0.15) is 89.2 Å². The van der Waals surface area contributed by atoms with Crippen LogP contribution in [0.5, 0.6) is 0 Å². The summed E-state index contributed by atoms with van der Waals surface area (Å²) < 4.78 is 0. The average Bonchev–Trinajstić information content (AvgIpc) is 2.72. The van der Waals surface area contributed by atoms with Gasteiger partial charge in [0.15, 0.2) is 0 Å². The third kappa shape index (κ3) is 6.09. The van der Waals surface area contributed by atoms with Crippen LogP contribution in [0.2, 0.25) is 0 Å². The van der Waals surface area contributed by atoms with E-state index in [1.807, 2.05) is 0 Å². The minimum Gasteiger partial charge on any atom is -0.310 e. The molecule has 2 aliphatic carbocycles. The van der Waals surface area contributed by atoms with E-state index in [-0.39, 0.29) is 0 Å². The fourth-order valence-electron chi connectivity index (χ4n) is 4.93. The molecule has 0 unspecified atom stereocenters. The number of nitrogens with one attached hydrogen (secondary N) is 2. The van der Waals surface area contributed by atoms with Crippen molar-refractivity contribution >= 4 is 0 Å². The van der Waals surface area contributed by atoms with Crippen LogP contribution in [-0.4, -0.2) is 12.1 Å². The van der Waals surface area contributed by atoms with E-state index in [0.717, 1.165) is 24.9 Å². The zero-order valence-corrected chi connectivity index (χ0v) is 17.1. The highest BCUT2D eigenvalue weighted by Gasteiger charge is 2.20. The van der Waals surface area contributed by atoms with E-state index in [9.17, 15) is 0 Å². The molecule has 0 bridgehead atoms. The highest BCUT2D eigenvalue weighted by Crippen LogP contribution is 2.27. The molecule has 0 heterocycles. The molecule has 1 aromatic rings. The van der Waals surface area contributed by atoms with E-state index in [4.69, 9.17) is 0 Å². The highest BCUT2D eigenvalue weighted by atomic mass is 14.9. The number of rotatable bonds is 8. The van der Waals surface area contributed by atoms with Crippen molar-refractivity contribution in [1.82, 2.24) is 10.6 Å². The molecular formula is C24H40N2. The molecule has 2 aliphatic rings. The summed E-state index contributed by atoms with van der Waals surface area (Å²) in [5.74, 6) is 1.77. The van der Waals surface area contributed by atoms with Gasteiger partial charge in [-0.2, -0.15) is 0 Å². The number of hydrogen-bond donors (Lipinski definition) is 2. The van der Waals surface area contributed by atoms with Gasteiger partial charge in [-0.1, -0.05) is 62.8 Å². The summed E-state index contributed by atoms with van der Waals surface area (Å²) in [6.07, 6.45) is 14.3. The molecule has 0 aromatic heterocycles. The van der Waals surface area contributed by atoms with Crippen LogP contribution in [0.3, 0.4) is 0 Å². The molecule has 26 heavy (non-hydrogen) atoms. The summed E-state index contributed by atoms with van der Waals surface area (Å²) in [6, 6.07) is 10.5. The Morgan fingerprint density at radius 2 is 1.00 bits per heavy atom. The molecule has 1 aromatic carbocycles. The van der Waals surface area contributed by atoms with E-state index < -0.39 is 0 Å². The van der Waals surface area contributed by atoms with Crippen molar-refractivity contribution in [1.29, 1.82) is 0 Å². The predicted molar refractivity (Wildman–Crippen MR) is 112 cm³/mol. The Labute approximate surface area is 161 Å². The second-order valence-electron chi connectivity index (χ2n) is 8.95. The highest BCUT2D eigenvalue weighted by molar-refractivity contribution is 5.22. The van der Waals surface area contributed by atoms with E-state index in [1.165, 1.54) is 75.3 Å². The summed E-state index contributed by atoms with van der Waals surface area (Å²) in [7, 11) is 0. The molecule has 2 saturated carbocycles. The summed E-state index contributed by atoms with van der Waals surface area (Å²) in [4.78, 5) is 0. The molecular weight excluding hydrogens is 316 g/mol. The Balaban J connectivity index is 1.38. The predicted octanol–water partition coefficient (Wildman–Crippen LogP) is 5.80. The van der Waals surface area contributed by atoms with Gasteiger partial charge in [-0.25, -0.2) is 0 Å². The normalized spacial score (nSPS) is 22.2. The van der Waals surface area contributed by atoms with Crippen molar-refractivity contribution in [3.63, 3.8) is 0 Å². The molecule has 2 fully saturated rings. The molecule has 2 nitrogen and oxygen atoms in total. The topological polar surface area (TPSA) is 24.1 Å². The lowest BCUT2D eigenvalue weighted by Gasteiger charge is -2.28. The molecule has 0 spiro atoms. The average molecular weight is 357 g/mol. The lowest BCUT2D eigenvalue weighted by Crippen LogP contribution is -2.34. The molecule has 3 rings (SSSR count). The van der Waals surface area contributed by atoms with Crippen LogP contribution >= 0.6 is 0 Å². The van der Waals surface area contributed by atoms with Gasteiger partial charge >= 0.3 is 0 Å². The van der Waals surface area contributed by atoms with E-state index in [0.29, 0.717) is 12.1 Å². The standard InChI is InChI=1S/C24H40N2/c1-19(23-9-5-3-6-10-23)25-17-21-13-15-22(16-14-21)18-26-20(2)24-11-7-4-8-12-24/h13-16,19-20,23-26H,3-12,17-18H2,1-2H3/t19-,20-/m1/s1. The first-order valence-electron chi connectivity index (χ1n) is 11.3. The van der Waals surface area contributed by atoms with Gasteiger partial charge in [0.25, 0.3) is 0 Å². The Bertz CT molecular complexity index is 450. The summed E-state index contributed by atoms with van der Waals surface area (Å²) in [6.45, 7) is 6.76. The summed E-state index contributed by atoms with van der Waals surface area (Å²) in [5.41, 5.74) is 2.83. The van der Waals surface area contributed by atoms with Gasteiger partial charge in [-0.05, 0) is 62.5 Å². The molecule has 0 saturated heterocycles. The smallest absolute Gasteiger partial charge is 0.0208 e. The van der Waals surface area contributed by atoms with Crippen LogP contribution in [0.4, 0.5) is 0 Å². The molecule has 0 amide bonds. The molecule has 0 radical (unpaired) electrons. The third-order valence-electron chi connectivity index (χ3n) is 6.99. The third-order valence-corrected chi connectivity index (χ3v) is 6.99. The molecule has 146 valence electrons. The molecule has 2 N–H and O–H groups in total. The van der Waals surface area contributed by atoms with Crippen LogP contribution in [0.25, 0.3) is 0 Å². The zero-order chi connectivity index (χ0) is 18.2. The lowest BCUT2D eigenvalue weighted by atomic mass is 9.84. The minimum absolute atomic E-state index is 0.646. The Morgan fingerprint density at radius 1 is 0.654 bits per heavy atom. The molecule has 0 aliphatic heterocycles. The fraction of sp³-hybridized carbons (Fsp3) is 0.750. The van der Waals surface area contributed by atoms with Crippen molar-refractivity contribution in [2.75, 3.05) is 0 Å². The van der Waals surface area contributed by atoms with Crippen LogP contribution in [0.15, 0.2) is 24.3 Å². The van der Waals surface area contributed by atoms with Gasteiger partial charge in [0.05, 0.1) is 0 Å². The first-order chi connectivity index (χ1) is 12.7. The maximum atomic E-state index is 3.77. The second kappa shape index (κ2) is 10.5. The zero-order valence-electron chi connectivity index (χ0n) is 17.1. The largest absolute Gasteiger partial charge is 0.310 e. The van der Waals surface area contributed by atoms with Crippen molar-refractivity contribution in [2.24, 2.45) is 11.8 Å². The molecule has 2 atom stereocenters. The first-order valence-corrected chi connectivity index (χ1v) is 11.3. The first kappa shape index (κ1) is 19.9. The van der Waals surface area contributed by atoms with E-state index in [2.05, 4.69) is 48.7 Å². The van der Waals surface area contributed by atoms with Gasteiger partial charge < -0.3 is 10.6 Å². The second-order valence-corrected chi connectivity index (χ2v) is 8.95. The number of hydrogen-bond acceptors (Lipinski definition) is 2. The van der Waals surface area contributed by atoms with Gasteiger partial charge in [0.2, 0.25) is 0 Å². The van der Waals surface area contributed by atoms with Gasteiger partial charge in [0, 0.05) is 25.2 Å².